The van der Waals surface area contributed by atoms with Gasteiger partial charge in [0.15, 0.2) is 0 Å². The molecule has 0 bridgehead atoms. The average molecular weight is 332 g/mol. The van der Waals surface area contributed by atoms with Crippen molar-refractivity contribution < 1.29 is 4.79 Å². The first kappa shape index (κ1) is 14.9. The molecular weight excluding hydrogens is 318 g/mol. The lowest BCUT2D eigenvalue weighted by molar-refractivity contribution is -0.118. The topological polar surface area (TPSA) is 54.9 Å². The van der Waals surface area contributed by atoms with E-state index in [1.165, 1.54) is 0 Å². The normalized spacial score (nSPS) is 10.8. The number of alkyl halides is 1. The van der Waals surface area contributed by atoms with Crippen molar-refractivity contribution >= 4 is 39.2 Å². The van der Waals surface area contributed by atoms with E-state index in [9.17, 15) is 4.79 Å². The molecule has 0 atom stereocenters. The zero-order valence-electron chi connectivity index (χ0n) is 11.8. The summed E-state index contributed by atoms with van der Waals surface area (Å²) in [5.74, 6) is -0.145. The third kappa shape index (κ3) is 3.43. The number of carbonyl (C=O) groups excluding carboxylic acids is 1. The van der Waals surface area contributed by atoms with Crippen LogP contribution >= 0.6 is 22.9 Å². The van der Waals surface area contributed by atoms with Crippen LogP contribution in [0.3, 0.4) is 0 Å². The van der Waals surface area contributed by atoms with Crippen molar-refractivity contribution in [2.24, 2.45) is 0 Å². The summed E-state index contributed by atoms with van der Waals surface area (Å²) >= 11 is 7.03. The van der Waals surface area contributed by atoms with E-state index in [1.54, 1.807) is 17.5 Å². The van der Waals surface area contributed by atoms with Gasteiger partial charge in [-0.05, 0) is 30.2 Å². The molecule has 2 heterocycles. The summed E-state index contributed by atoms with van der Waals surface area (Å²) in [4.78, 5) is 21.0. The third-order valence-corrected chi connectivity index (χ3v) is 4.47. The molecule has 0 unspecified atom stereocenters. The monoisotopic (exact) mass is 331 g/mol. The number of aromatic nitrogens is 2. The Labute approximate surface area is 137 Å². The molecule has 0 fully saturated rings. The predicted octanol–water partition coefficient (Wildman–Crippen LogP) is 3.26. The van der Waals surface area contributed by atoms with E-state index < -0.39 is 0 Å². The fraction of sp³-hybridized carbons (Fsp3) is 0.188. The van der Waals surface area contributed by atoms with Crippen LogP contribution in [0.5, 0.6) is 0 Å². The molecule has 0 saturated carbocycles. The number of hydrogen-bond donors (Lipinski definition) is 1. The van der Waals surface area contributed by atoms with Crippen molar-refractivity contribution in [3.8, 4) is 10.6 Å². The van der Waals surface area contributed by atoms with E-state index in [2.05, 4.69) is 21.4 Å². The highest BCUT2D eigenvalue weighted by Crippen LogP contribution is 2.29. The summed E-state index contributed by atoms with van der Waals surface area (Å²) in [6, 6.07) is 12.0. The number of halogens is 1. The van der Waals surface area contributed by atoms with E-state index in [-0.39, 0.29) is 11.8 Å². The van der Waals surface area contributed by atoms with E-state index in [1.807, 2.05) is 30.3 Å². The Morgan fingerprint density at radius 3 is 3.00 bits per heavy atom. The standard InChI is InChI=1S/C16H14ClN3OS/c17-10-14(21)18-8-6-11-3-1-4-12(9-11)15-20-13-5-2-7-19-16(13)22-15/h1-5,7,9H,6,8,10H2,(H,18,21). The second kappa shape index (κ2) is 6.85. The summed E-state index contributed by atoms with van der Waals surface area (Å²) in [6.07, 6.45) is 2.54. The van der Waals surface area contributed by atoms with Gasteiger partial charge in [0.25, 0.3) is 0 Å². The number of rotatable bonds is 5. The summed E-state index contributed by atoms with van der Waals surface area (Å²) in [5, 5.41) is 3.73. The van der Waals surface area contributed by atoms with Gasteiger partial charge in [0.1, 0.15) is 21.2 Å². The second-order valence-corrected chi connectivity index (χ2v) is 6.03. The quantitative estimate of drug-likeness (QED) is 0.730. The van der Waals surface area contributed by atoms with Gasteiger partial charge in [-0.15, -0.1) is 11.6 Å². The molecule has 6 heteroatoms. The first-order chi connectivity index (χ1) is 10.8. The molecule has 112 valence electrons. The smallest absolute Gasteiger partial charge is 0.234 e. The van der Waals surface area contributed by atoms with Crippen molar-refractivity contribution in [3.05, 3.63) is 48.2 Å². The van der Waals surface area contributed by atoms with Crippen LogP contribution in [0.25, 0.3) is 20.9 Å². The molecule has 0 spiro atoms. The number of pyridine rings is 1. The molecule has 0 radical (unpaired) electrons. The molecule has 1 amide bonds. The maximum Gasteiger partial charge on any atom is 0.234 e. The van der Waals surface area contributed by atoms with Gasteiger partial charge in [-0.25, -0.2) is 9.97 Å². The van der Waals surface area contributed by atoms with Crippen LogP contribution in [-0.2, 0) is 11.2 Å². The Morgan fingerprint density at radius 1 is 1.27 bits per heavy atom. The Morgan fingerprint density at radius 2 is 2.18 bits per heavy atom. The van der Waals surface area contributed by atoms with Gasteiger partial charge >= 0.3 is 0 Å². The van der Waals surface area contributed by atoms with E-state index in [0.29, 0.717) is 6.54 Å². The summed E-state index contributed by atoms with van der Waals surface area (Å²) < 4.78 is 0. The van der Waals surface area contributed by atoms with Crippen molar-refractivity contribution in [1.82, 2.24) is 15.3 Å². The van der Waals surface area contributed by atoms with E-state index >= 15 is 0 Å². The minimum absolute atomic E-state index is 0.00125. The van der Waals surface area contributed by atoms with Gasteiger partial charge in [0.05, 0.1) is 0 Å². The molecule has 0 aliphatic heterocycles. The molecule has 1 N–H and O–H groups in total. The predicted molar refractivity (Wildman–Crippen MR) is 90.3 cm³/mol. The number of thiazole rings is 1. The highest BCUT2D eigenvalue weighted by Gasteiger charge is 2.07. The molecule has 2 aromatic heterocycles. The van der Waals surface area contributed by atoms with Crippen LogP contribution in [-0.4, -0.2) is 28.3 Å². The molecular formula is C16H14ClN3OS. The Bertz CT molecular complexity index is 770. The number of carbonyl (C=O) groups is 1. The summed E-state index contributed by atoms with van der Waals surface area (Å²) in [7, 11) is 0. The zero-order chi connectivity index (χ0) is 15.4. The lowest BCUT2D eigenvalue weighted by atomic mass is 10.1. The van der Waals surface area contributed by atoms with Crippen LogP contribution in [0.2, 0.25) is 0 Å². The third-order valence-electron chi connectivity index (χ3n) is 3.20. The first-order valence-corrected chi connectivity index (χ1v) is 8.25. The number of nitrogens with zero attached hydrogens (tertiary/aromatic N) is 2. The second-order valence-electron chi connectivity index (χ2n) is 4.78. The fourth-order valence-electron chi connectivity index (χ4n) is 2.15. The maximum atomic E-state index is 11.1. The lowest BCUT2D eigenvalue weighted by Crippen LogP contribution is -2.26. The maximum absolute atomic E-state index is 11.1. The molecule has 1 aromatic carbocycles. The molecule has 0 aliphatic carbocycles. The number of nitrogens with one attached hydrogen (secondary N) is 1. The van der Waals surface area contributed by atoms with Crippen LogP contribution < -0.4 is 5.32 Å². The number of benzene rings is 1. The van der Waals surface area contributed by atoms with Crippen LogP contribution in [0, 0.1) is 0 Å². The Balaban J connectivity index is 1.77. The number of hydrogen-bond acceptors (Lipinski definition) is 4. The first-order valence-electron chi connectivity index (χ1n) is 6.90. The van der Waals surface area contributed by atoms with Crippen molar-refractivity contribution in [2.75, 3.05) is 12.4 Å². The SMILES string of the molecule is O=C(CCl)NCCc1cccc(-c2nc3cccnc3s2)c1. The van der Waals surface area contributed by atoms with Crippen molar-refractivity contribution in [1.29, 1.82) is 0 Å². The largest absolute Gasteiger partial charge is 0.355 e. The van der Waals surface area contributed by atoms with Crippen LogP contribution in [0.15, 0.2) is 42.6 Å². The number of fused-ring (bicyclic) bond motifs is 1. The van der Waals surface area contributed by atoms with Crippen molar-refractivity contribution in [3.63, 3.8) is 0 Å². The van der Waals surface area contributed by atoms with Gasteiger partial charge in [-0.1, -0.05) is 29.5 Å². The summed E-state index contributed by atoms with van der Waals surface area (Å²) in [5.41, 5.74) is 3.14. The molecule has 22 heavy (non-hydrogen) atoms. The molecule has 3 aromatic rings. The fourth-order valence-corrected chi connectivity index (χ4v) is 3.14. The van der Waals surface area contributed by atoms with Gasteiger partial charge < -0.3 is 5.32 Å². The lowest BCUT2D eigenvalue weighted by Gasteiger charge is -2.05. The minimum Gasteiger partial charge on any atom is -0.355 e. The molecule has 0 aliphatic rings. The highest BCUT2D eigenvalue weighted by atomic mass is 35.5. The number of amides is 1. The van der Waals surface area contributed by atoms with Gasteiger partial charge in [-0.3, -0.25) is 4.79 Å². The zero-order valence-corrected chi connectivity index (χ0v) is 13.3. The van der Waals surface area contributed by atoms with E-state index in [4.69, 9.17) is 11.6 Å². The molecule has 0 saturated heterocycles. The Kier molecular flexibility index (Phi) is 4.65. The molecule has 4 nitrogen and oxygen atoms in total. The Hall–Kier alpha value is -1.98. The van der Waals surface area contributed by atoms with Gasteiger partial charge in [0, 0.05) is 18.3 Å². The van der Waals surface area contributed by atoms with Crippen LogP contribution in [0.1, 0.15) is 5.56 Å². The van der Waals surface area contributed by atoms with Crippen molar-refractivity contribution in [2.45, 2.75) is 6.42 Å². The van der Waals surface area contributed by atoms with Gasteiger partial charge in [0.2, 0.25) is 5.91 Å². The average Bonchev–Trinajstić information content (AvgIpc) is 2.99. The minimum atomic E-state index is -0.143. The van der Waals surface area contributed by atoms with Crippen LogP contribution in [0.4, 0.5) is 0 Å². The highest BCUT2D eigenvalue weighted by molar-refractivity contribution is 7.21. The van der Waals surface area contributed by atoms with E-state index in [0.717, 1.165) is 32.9 Å². The summed E-state index contributed by atoms with van der Waals surface area (Å²) in [6.45, 7) is 0.580. The molecule has 3 rings (SSSR count). The van der Waals surface area contributed by atoms with Gasteiger partial charge in [-0.2, -0.15) is 0 Å².